The Hall–Kier alpha value is -1.40. The van der Waals surface area contributed by atoms with Gasteiger partial charge in [-0.1, -0.05) is 18.2 Å². The van der Waals surface area contributed by atoms with Crippen molar-refractivity contribution in [1.29, 1.82) is 0 Å². The summed E-state index contributed by atoms with van der Waals surface area (Å²) in [5.74, 6) is 0. The average Bonchev–Trinajstić information content (AvgIpc) is 2.37. The van der Waals surface area contributed by atoms with Crippen molar-refractivity contribution in [3.8, 4) is 0 Å². The molecule has 2 rings (SSSR count). The molecule has 0 aliphatic carbocycles. The van der Waals surface area contributed by atoms with Gasteiger partial charge in [0.25, 0.3) is 0 Å². The van der Waals surface area contributed by atoms with Crippen LogP contribution < -0.4 is 5.73 Å². The second-order valence-corrected chi connectivity index (χ2v) is 5.32. The molecule has 20 heavy (non-hydrogen) atoms. The van der Waals surface area contributed by atoms with Crippen molar-refractivity contribution in [2.45, 2.75) is 18.6 Å². The van der Waals surface area contributed by atoms with E-state index in [0.717, 1.165) is 16.1 Å². The molecule has 0 saturated heterocycles. The first-order valence-corrected chi connectivity index (χ1v) is 6.68. The highest BCUT2D eigenvalue weighted by Gasteiger charge is 2.34. The molecule has 1 aromatic heterocycles. The normalized spacial score (nSPS) is 13.2. The van der Waals surface area contributed by atoms with Crippen LogP contribution in [0.5, 0.6) is 0 Å². The van der Waals surface area contributed by atoms with Gasteiger partial charge in [0, 0.05) is 22.9 Å². The quantitative estimate of drug-likeness (QED) is 0.910. The minimum atomic E-state index is -4.40. The van der Waals surface area contributed by atoms with Gasteiger partial charge in [0.15, 0.2) is 0 Å². The molecule has 2 aromatic rings. The SMILES string of the molecule is NC(Cc1cncc(Br)c1)c1ccccc1C(F)(F)F. The van der Waals surface area contributed by atoms with Crippen molar-refractivity contribution in [3.63, 3.8) is 0 Å². The molecule has 0 spiro atoms. The maximum atomic E-state index is 12.9. The second kappa shape index (κ2) is 5.93. The van der Waals surface area contributed by atoms with Crippen LogP contribution in [0.4, 0.5) is 13.2 Å². The molecule has 106 valence electrons. The van der Waals surface area contributed by atoms with E-state index in [9.17, 15) is 13.2 Å². The van der Waals surface area contributed by atoms with Crippen LogP contribution in [0, 0.1) is 0 Å². The molecule has 0 amide bonds. The monoisotopic (exact) mass is 344 g/mol. The fourth-order valence-corrected chi connectivity index (χ4v) is 2.42. The van der Waals surface area contributed by atoms with Gasteiger partial charge >= 0.3 is 6.18 Å². The molecular formula is C14H12BrF3N2. The first-order chi connectivity index (χ1) is 9.38. The number of halogens is 4. The number of nitrogens with zero attached hydrogens (tertiary/aromatic N) is 1. The molecule has 0 aliphatic heterocycles. The molecule has 0 aliphatic rings. The van der Waals surface area contributed by atoms with E-state index in [1.807, 2.05) is 0 Å². The number of benzene rings is 1. The first-order valence-electron chi connectivity index (χ1n) is 5.89. The first kappa shape index (κ1) is 15.0. The molecule has 0 fully saturated rings. The third-order valence-electron chi connectivity index (χ3n) is 2.88. The summed E-state index contributed by atoms with van der Waals surface area (Å²) in [6, 6.07) is 6.45. The molecule has 0 saturated carbocycles. The summed E-state index contributed by atoms with van der Waals surface area (Å²) in [7, 11) is 0. The highest BCUT2D eigenvalue weighted by atomic mass is 79.9. The van der Waals surface area contributed by atoms with E-state index in [1.165, 1.54) is 12.1 Å². The lowest BCUT2D eigenvalue weighted by Crippen LogP contribution is -2.19. The van der Waals surface area contributed by atoms with Gasteiger partial charge in [-0.15, -0.1) is 0 Å². The Bertz CT molecular complexity index is 599. The Morgan fingerprint density at radius 2 is 1.90 bits per heavy atom. The molecule has 6 heteroatoms. The van der Waals surface area contributed by atoms with Crippen LogP contribution in [0.15, 0.2) is 47.2 Å². The molecule has 1 atom stereocenters. The summed E-state index contributed by atoms with van der Waals surface area (Å²) in [4.78, 5) is 3.98. The van der Waals surface area contributed by atoms with Gasteiger partial charge in [-0.3, -0.25) is 4.98 Å². The van der Waals surface area contributed by atoms with Crippen LogP contribution in [0.2, 0.25) is 0 Å². The minimum Gasteiger partial charge on any atom is -0.324 e. The largest absolute Gasteiger partial charge is 0.416 e. The molecular weight excluding hydrogens is 333 g/mol. The van der Waals surface area contributed by atoms with Crippen molar-refractivity contribution in [3.05, 3.63) is 63.9 Å². The Morgan fingerprint density at radius 3 is 2.55 bits per heavy atom. The molecule has 2 nitrogen and oxygen atoms in total. The van der Waals surface area contributed by atoms with E-state index in [0.29, 0.717) is 6.42 Å². The van der Waals surface area contributed by atoms with Crippen LogP contribution in [0.3, 0.4) is 0 Å². The third kappa shape index (κ3) is 3.58. The summed E-state index contributed by atoms with van der Waals surface area (Å²) in [6.07, 6.45) is -0.900. The lowest BCUT2D eigenvalue weighted by Gasteiger charge is -2.18. The predicted molar refractivity (Wildman–Crippen MR) is 74.0 cm³/mol. The van der Waals surface area contributed by atoms with Crippen LogP contribution in [0.1, 0.15) is 22.7 Å². The van der Waals surface area contributed by atoms with Gasteiger partial charge < -0.3 is 5.73 Å². The number of aromatic nitrogens is 1. The average molecular weight is 345 g/mol. The summed E-state index contributed by atoms with van der Waals surface area (Å²) in [5.41, 5.74) is 6.13. The van der Waals surface area contributed by atoms with Gasteiger partial charge in [0.05, 0.1) is 5.56 Å². The van der Waals surface area contributed by atoms with E-state index in [-0.39, 0.29) is 5.56 Å². The number of hydrogen-bond donors (Lipinski definition) is 1. The third-order valence-corrected chi connectivity index (χ3v) is 3.32. The fraction of sp³-hybridized carbons (Fsp3) is 0.214. The van der Waals surface area contributed by atoms with E-state index in [2.05, 4.69) is 20.9 Å². The van der Waals surface area contributed by atoms with Gasteiger partial charge in [0.2, 0.25) is 0 Å². The molecule has 0 radical (unpaired) electrons. The van der Waals surface area contributed by atoms with E-state index >= 15 is 0 Å². The zero-order chi connectivity index (χ0) is 14.8. The maximum Gasteiger partial charge on any atom is 0.416 e. The van der Waals surface area contributed by atoms with Crippen LogP contribution >= 0.6 is 15.9 Å². The minimum absolute atomic E-state index is 0.0972. The zero-order valence-corrected chi connectivity index (χ0v) is 11.9. The molecule has 2 N–H and O–H groups in total. The lowest BCUT2D eigenvalue weighted by atomic mass is 9.96. The smallest absolute Gasteiger partial charge is 0.324 e. The van der Waals surface area contributed by atoms with Crippen molar-refractivity contribution in [1.82, 2.24) is 4.98 Å². The fourth-order valence-electron chi connectivity index (χ4n) is 2.01. The van der Waals surface area contributed by atoms with E-state index in [1.54, 1.807) is 24.5 Å². The van der Waals surface area contributed by atoms with Gasteiger partial charge in [-0.05, 0) is 45.6 Å². The van der Waals surface area contributed by atoms with Gasteiger partial charge in [-0.2, -0.15) is 13.2 Å². The Kier molecular flexibility index (Phi) is 4.45. The highest BCUT2D eigenvalue weighted by Crippen LogP contribution is 2.34. The summed E-state index contributed by atoms with van der Waals surface area (Å²) >= 11 is 3.27. The predicted octanol–water partition coefficient (Wildman–Crippen LogP) is 4.11. The standard InChI is InChI=1S/C14H12BrF3N2/c15-10-5-9(7-20-8-10)6-13(19)11-3-1-2-4-12(11)14(16,17)18/h1-5,7-8,13H,6,19H2. The maximum absolute atomic E-state index is 12.9. The number of rotatable bonds is 3. The highest BCUT2D eigenvalue weighted by molar-refractivity contribution is 9.10. The van der Waals surface area contributed by atoms with Crippen molar-refractivity contribution < 1.29 is 13.2 Å². The van der Waals surface area contributed by atoms with Crippen LogP contribution in [-0.2, 0) is 12.6 Å². The van der Waals surface area contributed by atoms with Crippen molar-refractivity contribution in [2.75, 3.05) is 0 Å². The Morgan fingerprint density at radius 1 is 1.20 bits per heavy atom. The van der Waals surface area contributed by atoms with Crippen LogP contribution in [0.25, 0.3) is 0 Å². The summed E-state index contributed by atoms with van der Waals surface area (Å²) < 4.78 is 39.6. The molecule has 1 aromatic carbocycles. The van der Waals surface area contributed by atoms with Gasteiger partial charge in [-0.25, -0.2) is 0 Å². The molecule has 1 unspecified atom stereocenters. The van der Waals surface area contributed by atoms with E-state index in [4.69, 9.17) is 5.73 Å². The summed E-state index contributed by atoms with van der Waals surface area (Å²) in [5, 5.41) is 0. The number of alkyl halides is 3. The number of nitrogens with two attached hydrogens (primary N) is 1. The van der Waals surface area contributed by atoms with Crippen molar-refractivity contribution in [2.24, 2.45) is 5.73 Å². The van der Waals surface area contributed by atoms with Crippen molar-refractivity contribution >= 4 is 15.9 Å². The lowest BCUT2D eigenvalue weighted by molar-refractivity contribution is -0.138. The number of hydrogen-bond acceptors (Lipinski definition) is 2. The van der Waals surface area contributed by atoms with Crippen LogP contribution in [-0.4, -0.2) is 4.98 Å². The molecule has 1 heterocycles. The topological polar surface area (TPSA) is 38.9 Å². The zero-order valence-electron chi connectivity index (χ0n) is 10.4. The molecule has 0 bridgehead atoms. The van der Waals surface area contributed by atoms with E-state index < -0.39 is 17.8 Å². The van der Waals surface area contributed by atoms with Gasteiger partial charge in [0.1, 0.15) is 0 Å². The second-order valence-electron chi connectivity index (χ2n) is 4.41. The Balaban J connectivity index is 2.28. The number of pyridine rings is 1. The summed E-state index contributed by atoms with van der Waals surface area (Å²) in [6.45, 7) is 0. The Labute approximate surface area is 123 Å².